The second kappa shape index (κ2) is 8.02. The first-order chi connectivity index (χ1) is 11.0. The van der Waals surface area contributed by atoms with E-state index in [-0.39, 0.29) is 17.5 Å². The molecular weight excluding hydrogens is 311 g/mol. The fourth-order valence-corrected chi connectivity index (χ4v) is 2.95. The molecule has 23 heavy (non-hydrogen) atoms. The van der Waals surface area contributed by atoms with Crippen LogP contribution < -0.4 is 4.90 Å². The van der Waals surface area contributed by atoms with Crippen LogP contribution in [0, 0.1) is 5.82 Å². The van der Waals surface area contributed by atoms with Gasteiger partial charge in [-0.15, -0.1) is 11.8 Å². The number of rotatable bonds is 6. The molecule has 5 heteroatoms. The molecular formula is C18H21FN2OS. The topological polar surface area (TPSA) is 23.6 Å². The van der Waals surface area contributed by atoms with Crippen LogP contribution in [0.15, 0.2) is 53.4 Å². The van der Waals surface area contributed by atoms with Crippen LogP contribution in [0.4, 0.5) is 10.1 Å². The van der Waals surface area contributed by atoms with Crippen LogP contribution in [0.1, 0.15) is 5.56 Å². The molecule has 0 radical (unpaired) electrons. The van der Waals surface area contributed by atoms with Crippen LogP contribution in [0.2, 0.25) is 0 Å². The monoisotopic (exact) mass is 332 g/mol. The number of carbonyl (C=O) groups excluding carboxylic acids is 1. The van der Waals surface area contributed by atoms with Gasteiger partial charge in [0.05, 0.1) is 5.75 Å². The Morgan fingerprint density at radius 2 is 1.70 bits per heavy atom. The molecule has 0 aliphatic heterocycles. The first-order valence-electron chi connectivity index (χ1n) is 7.35. The second-order valence-corrected chi connectivity index (χ2v) is 6.55. The van der Waals surface area contributed by atoms with Gasteiger partial charge in [0.15, 0.2) is 0 Å². The van der Waals surface area contributed by atoms with Gasteiger partial charge < -0.3 is 9.80 Å². The number of benzene rings is 2. The molecule has 0 saturated heterocycles. The lowest BCUT2D eigenvalue weighted by Crippen LogP contribution is -2.27. The van der Waals surface area contributed by atoms with E-state index in [1.165, 1.54) is 17.8 Å². The van der Waals surface area contributed by atoms with E-state index < -0.39 is 0 Å². The summed E-state index contributed by atoms with van der Waals surface area (Å²) >= 11 is 1.23. The van der Waals surface area contributed by atoms with Gasteiger partial charge in [-0.1, -0.05) is 24.3 Å². The van der Waals surface area contributed by atoms with Crippen LogP contribution in [-0.4, -0.2) is 37.7 Å². The van der Waals surface area contributed by atoms with Crippen LogP contribution in [0.5, 0.6) is 0 Å². The van der Waals surface area contributed by atoms with E-state index in [0.29, 0.717) is 11.4 Å². The number of amides is 1. The quantitative estimate of drug-likeness (QED) is 0.755. The molecule has 122 valence electrons. The van der Waals surface area contributed by atoms with E-state index in [1.807, 2.05) is 43.3 Å². The third kappa shape index (κ3) is 4.99. The number of thioether (sulfide) groups is 1. The smallest absolute Gasteiger partial charge is 0.232 e. The maximum Gasteiger partial charge on any atom is 0.232 e. The Morgan fingerprint density at radius 1 is 1.04 bits per heavy atom. The second-order valence-electron chi connectivity index (χ2n) is 5.53. The Bertz CT molecular complexity index is 658. The Hall–Kier alpha value is -2.01. The first kappa shape index (κ1) is 17.3. The maximum atomic E-state index is 13.5. The number of carbonyl (C=O) groups is 1. The molecule has 0 bridgehead atoms. The van der Waals surface area contributed by atoms with Crippen molar-refractivity contribution in [3.8, 4) is 0 Å². The van der Waals surface area contributed by atoms with Gasteiger partial charge in [-0.25, -0.2) is 4.39 Å². The molecule has 0 heterocycles. The summed E-state index contributed by atoms with van der Waals surface area (Å²) in [6.07, 6.45) is 0. The van der Waals surface area contributed by atoms with Gasteiger partial charge in [0.25, 0.3) is 0 Å². The number of anilines is 1. The van der Waals surface area contributed by atoms with E-state index in [0.717, 1.165) is 11.3 Å². The highest BCUT2D eigenvalue weighted by Crippen LogP contribution is 2.21. The van der Waals surface area contributed by atoms with Crippen molar-refractivity contribution in [3.63, 3.8) is 0 Å². The molecule has 3 nitrogen and oxygen atoms in total. The highest BCUT2D eigenvalue weighted by molar-refractivity contribution is 8.00. The van der Waals surface area contributed by atoms with Crippen LogP contribution in [0.3, 0.4) is 0 Å². The minimum Gasteiger partial charge on any atom is -0.378 e. The van der Waals surface area contributed by atoms with Gasteiger partial charge >= 0.3 is 0 Å². The zero-order valence-corrected chi connectivity index (χ0v) is 14.4. The highest BCUT2D eigenvalue weighted by Gasteiger charge is 2.11. The van der Waals surface area contributed by atoms with Gasteiger partial charge in [0, 0.05) is 38.3 Å². The van der Waals surface area contributed by atoms with Crippen molar-refractivity contribution >= 4 is 23.4 Å². The van der Waals surface area contributed by atoms with Gasteiger partial charge in [-0.3, -0.25) is 4.79 Å². The lowest BCUT2D eigenvalue weighted by molar-refractivity contribution is -0.127. The van der Waals surface area contributed by atoms with Gasteiger partial charge in [0.1, 0.15) is 5.82 Å². The predicted octanol–water partition coefficient (Wildman–Crippen LogP) is 3.64. The van der Waals surface area contributed by atoms with Crippen molar-refractivity contribution in [2.45, 2.75) is 11.4 Å². The predicted molar refractivity (Wildman–Crippen MR) is 94.4 cm³/mol. The molecule has 0 aliphatic carbocycles. The normalized spacial score (nSPS) is 10.4. The van der Waals surface area contributed by atoms with Gasteiger partial charge in [-0.2, -0.15) is 0 Å². The highest BCUT2D eigenvalue weighted by atomic mass is 32.2. The van der Waals surface area contributed by atoms with E-state index in [2.05, 4.69) is 0 Å². The summed E-state index contributed by atoms with van der Waals surface area (Å²) in [6, 6.07) is 14.6. The third-order valence-corrected chi connectivity index (χ3v) is 4.52. The van der Waals surface area contributed by atoms with E-state index >= 15 is 0 Å². The van der Waals surface area contributed by atoms with Gasteiger partial charge in [-0.05, 0) is 29.8 Å². The zero-order chi connectivity index (χ0) is 16.8. The van der Waals surface area contributed by atoms with Crippen molar-refractivity contribution in [1.82, 2.24) is 4.90 Å². The number of nitrogens with zero attached hydrogens (tertiary/aromatic N) is 2. The largest absolute Gasteiger partial charge is 0.378 e. The Balaban J connectivity index is 1.88. The Morgan fingerprint density at radius 3 is 2.30 bits per heavy atom. The first-order valence-corrected chi connectivity index (χ1v) is 8.33. The zero-order valence-electron chi connectivity index (χ0n) is 13.6. The molecule has 2 aromatic carbocycles. The summed E-state index contributed by atoms with van der Waals surface area (Å²) < 4.78 is 13.5. The molecule has 0 saturated carbocycles. The van der Waals surface area contributed by atoms with E-state index in [1.54, 1.807) is 30.1 Å². The fourth-order valence-electron chi connectivity index (χ4n) is 2.07. The molecule has 0 aromatic heterocycles. The molecule has 0 spiro atoms. The molecule has 2 aromatic rings. The molecule has 0 atom stereocenters. The van der Waals surface area contributed by atoms with Crippen molar-refractivity contribution in [2.24, 2.45) is 0 Å². The maximum absolute atomic E-state index is 13.5. The SMILES string of the molecule is CN(Cc1ccc(N(C)C)cc1)C(=O)CSc1ccccc1F. The Kier molecular flexibility index (Phi) is 6.04. The van der Waals surface area contributed by atoms with E-state index in [9.17, 15) is 9.18 Å². The molecule has 0 fully saturated rings. The molecule has 1 amide bonds. The Labute approximate surface area is 141 Å². The van der Waals surface area contributed by atoms with E-state index in [4.69, 9.17) is 0 Å². The molecule has 0 unspecified atom stereocenters. The van der Waals surface area contributed by atoms with Crippen LogP contribution in [-0.2, 0) is 11.3 Å². The minimum atomic E-state index is -0.285. The molecule has 0 aliphatic rings. The average Bonchev–Trinajstić information content (AvgIpc) is 2.54. The lowest BCUT2D eigenvalue weighted by Gasteiger charge is -2.18. The van der Waals surface area contributed by atoms with Crippen molar-refractivity contribution in [3.05, 3.63) is 59.9 Å². The van der Waals surface area contributed by atoms with Crippen molar-refractivity contribution in [1.29, 1.82) is 0 Å². The third-order valence-electron chi connectivity index (χ3n) is 3.49. The lowest BCUT2D eigenvalue weighted by atomic mass is 10.2. The minimum absolute atomic E-state index is 0.0186. The standard InChI is InChI=1S/C18H21FN2OS/c1-20(2)15-10-8-14(9-11-15)12-21(3)18(22)13-23-17-7-5-4-6-16(17)19/h4-11H,12-13H2,1-3H3. The van der Waals surface area contributed by atoms with Crippen molar-refractivity contribution < 1.29 is 9.18 Å². The number of hydrogen-bond acceptors (Lipinski definition) is 3. The summed E-state index contributed by atoms with van der Waals surface area (Å²) in [5.74, 6) is -0.0742. The summed E-state index contributed by atoms with van der Waals surface area (Å²) in [6.45, 7) is 0.546. The average molecular weight is 332 g/mol. The summed E-state index contributed by atoms with van der Waals surface area (Å²) in [5, 5.41) is 0. The van der Waals surface area contributed by atoms with Crippen molar-refractivity contribution in [2.75, 3.05) is 31.8 Å². The molecule has 0 N–H and O–H groups in total. The summed E-state index contributed by atoms with van der Waals surface area (Å²) in [7, 11) is 5.75. The number of halogens is 1. The summed E-state index contributed by atoms with van der Waals surface area (Å²) in [5.41, 5.74) is 2.19. The van der Waals surface area contributed by atoms with Crippen LogP contribution >= 0.6 is 11.8 Å². The fraction of sp³-hybridized carbons (Fsp3) is 0.278. The van der Waals surface area contributed by atoms with Crippen LogP contribution in [0.25, 0.3) is 0 Å². The summed E-state index contributed by atoms with van der Waals surface area (Å²) in [4.78, 5) is 16.4. The number of hydrogen-bond donors (Lipinski definition) is 0. The van der Waals surface area contributed by atoms with Gasteiger partial charge in [0.2, 0.25) is 5.91 Å². The molecule has 2 rings (SSSR count).